The van der Waals surface area contributed by atoms with Crippen LogP contribution in [0.1, 0.15) is 21.5 Å². The van der Waals surface area contributed by atoms with Gasteiger partial charge in [0.1, 0.15) is 11.4 Å². The molecular weight excluding hydrogens is 483 g/mol. The Morgan fingerprint density at radius 2 is 2.04 bits per heavy atom. The molecule has 0 bridgehead atoms. The number of aliphatic imine (C=N–C) groups is 1. The summed E-state index contributed by atoms with van der Waals surface area (Å²) >= 11 is 2.24. The lowest BCUT2D eigenvalue weighted by atomic mass is 10.2. The summed E-state index contributed by atoms with van der Waals surface area (Å²) in [6.07, 6.45) is 1.11. The number of rotatable bonds is 6. The van der Waals surface area contributed by atoms with Crippen molar-refractivity contribution in [2.75, 3.05) is 5.32 Å². The highest BCUT2D eigenvalue weighted by atomic mass is 127. The second-order valence-electron chi connectivity index (χ2n) is 5.71. The molecule has 3 aromatic rings. The number of nitrogens with zero attached hydrogens (tertiary/aromatic N) is 2. The third kappa shape index (κ3) is 4.27. The molecule has 2 aromatic carbocycles. The molecule has 0 aliphatic carbocycles. The number of hydrogen-bond donors (Lipinski definition) is 4. The van der Waals surface area contributed by atoms with Crippen LogP contribution in [0.25, 0.3) is 0 Å². The quantitative estimate of drug-likeness (QED) is 0.235. The number of H-pyrrole nitrogens is 1. The van der Waals surface area contributed by atoms with Crippen molar-refractivity contribution < 1.29 is 18.7 Å². The number of phenols is 1. The van der Waals surface area contributed by atoms with Gasteiger partial charge in [-0.3, -0.25) is 9.89 Å². The number of aromatic nitrogens is 2. The van der Waals surface area contributed by atoms with Crippen molar-refractivity contribution >= 4 is 52.0 Å². The number of carbonyl (C=O) groups excluding carboxylic acids is 1. The number of hydrogen-bond acceptors (Lipinski definition) is 5. The first kappa shape index (κ1) is 19.7. The lowest BCUT2D eigenvalue weighted by Gasteiger charge is -2.06. The maximum absolute atomic E-state index is 13.4. The zero-order chi connectivity index (χ0) is 20.3. The van der Waals surface area contributed by atoms with E-state index in [0.717, 1.165) is 34.0 Å². The highest BCUT2D eigenvalue weighted by Crippen LogP contribution is 2.27. The number of aromatic amines is 1. The standard InChI is InChI=1S/C18H14F2IN5O2/c19-12-5-10(6-13(20)15(12)27)8-23-17-14(16(22)28)18(26-25-17)24-11-3-1-2-9(4-11)7-21/h1-6,8,27H,7H2,(H2,22,28)(H2,24,25,26). The van der Waals surface area contributed by atoms with Gasteiger partial charge in [0.25, 0.3) is 5.91 Å². The summed E-state index contributed by atoms with van der Waals surface area (Å²) in [5.74, 6) is -3.92. The first-order valence-corrected chi connectivity index (χ1v) is 9.43. The van der Waals surface area contributed by atoms with Crippen LogP contribution in [0, 0.1) is 11.6 Å². The van der Waals surface area contributed by atoms with E-state index in [0.29, 0.717) is 0 Å². The van der Waals surface area contributed by atoms with Gasteiger partial charge in [-0.25, -0.2) is 13.8 Å². The van der Waals surface area contributed by atoms with Crippen LogP contribution in [0.5, 0.6) is 5.75 Å². The van der Waals surface area contributed by atoms with Crippen molar-refractivity contribution in [2.45, 2.75) is 4.43 Å². The molecule has 0 radical (unpaired) electrons. The van der Waals surface area contributed by atoms with Crippen molar-refractivity contribution in [3.05, 3.63) is 64.7 Å². The monoisotopic (exact) mass is 497 g/mol. The van der Waals surface area contributed by atoms with Gasteiger partial charge in [-0.15, -0.1) is 0 Å². The smallest absolute Gasteiger partial charge is 0.256 e. The minimum atomic E-state index is -1.13. The summed E-state index contributed by atoms with van der Waals surface area (Å²) in [5.41, 5.74) is 7.28. The molecule has 5 N–H and O–H groups in total. The number of aromatic hydroxyl groups is 1. The predicted octanol–water partition coefficient (Wildman–Crippen LogP) is 3.92. The fraction of sp³-hybridized carbons (Fsp3) is 0.0556. The molecule has 144 valence electrons. The Kier molecular flexibility index (Phi) is 5.87. The number of nitrogens with two attached hydrogens (primary N) is 1. The number of alkyl halides is 1. The predicted molar refractivity (Wildman–Crippen MR) is 110 cm³/mol. The summed E-state index contributed by atoms with van der Waals surface area (Å²) < 4.78 is 27.7. The SMILES string of the molecule is NC(=O)c1c(N=Cc2cc(F)c(O)c(F)c2)n[nH]c1Nc1cccc(CI)c1. The first-order chi connectivity index (χ1) is 13.4. The van der Waals surface area contributed by atoms with E-state index in [1.165, 1.54) is 0 Å². The summed E-state index contributed by atoms with van der Waals surface area (Å²) in [4.78, 5) is 15.9. The maximum atomic E-state index is 13.4. The molecule has 7 nitrogen and oxygen atoms in total. The fourth-order valence-electron chi connectivity index (χ4n) is 2.42. The Morgan fingerprint density at radius 1 is 1.32 bits per heavy atom. The number of halogens is 3. The highest BCUT2D eigenvalue weighted by molar-refractivity contribution is 14.1. The van der Waals surface area contributed by atoms with Crippen LogP contribution in [0.4, 0.5) is 26.1 Å². The highest BCUT2D eigenvalue weighted by Gasteiger charge is 2.18. The van der Waals surface area contributed by atoms with Crippen LogP contribution in [0.15, 0.2) is 41.4 Å². The van der Waals surface area contributed by atoms with E-state index >= 15 is 0 Å². The van der Waals surface area contributed by atoms with E-state index in [1.54, 1.807) is 0 Å². The van der Waals surface area contributed by atoms with E-state index in [2.05, 4.69) is 43.1 Å². The molecule has 0 saturated carbocycles. The average Bonchev–Trinajstić information content (AvgIpc) is 3.07. The van der Waals surface area contributed by atoms with Crippen LogP contribution < -0.4 is 11.1 Å². The number of primary amides is 1. The van der Waals surface area contributed by atoms with Crippen LogP contribution >= 0.6 is 22.6 Å². The third-order valence-electron chi connectivity index (χ3n) is 3.72. The van der Waals surface area contributed by atoms with Gasteiger partial charge in [0.2, 0.25) is 0 Å². The van der Waals surface area contributed by atoms with E-state index in [4.69, 9.17) is 10.8 Å². The van der Waals surface area contributed by atoms with Gasteiger partial charge in [-0.05, 0) is 35.4 Å². The third-order valence-corrected chi connectivity index (χ3v) is 4.60. The zero-order valence-electron chi connectivity index (χ0n) is 14.2. The van der Waals surface area contributed by atoms with Crippen molar-refractivity contribution in [1.29, 1.82) is 0 Å². The minimum absolute atomic E-state index is 0.00384. The molecule has 3 rings (SSSR count). The Balaban J connectivity index is 1.91. The summed E-state index contributed by atoms with van der Waals surface area (Å²) in [6, 6.07) is 9.34. The van der Waals surface area contributed by atoms with Gasteiger partial charge in [0, 0.05) is 16.3 Å². The molecule has 0 atom stereocenters. The van der Waals surface area contributed by atoms with Gasteiger partial charge in [0.15, 0.2) is 23.2 Å². The molecule has 0 saturated heterocycles. The zero-order valence-corrected chi connectivity index (χ0v) is 16.4. The minimum Gasteiger partial charge on any atom is -0.503 e. The molecule has 10 heteroatoms. The van der Waals surface area contributed by atoms with Gasteiger partial charge < -0.3 is 16.2 Å². The molecule has 0 spiro atoms. The van der Waals surface area contributed by atoms with Gasteiger partial charge in [-0.1, -0.05) is 34.7 Å². The molecule has 28 heavy (non-hydrogen) atoms. The van der Waals surface area contributed by atoms with E-state index in [1.807, 2.05) is 24.3 Å². The molecule has 1 amide bonds. The second-order valence-corrected chi connectivity index (χ2v) is 6.47. The molecule has 0 aliphatic rings. The number of nitrogens with one attached hydrogen (secondary N) is 2. The van der Waals surface area contributed by atoms with Crippen LogP contribution in [0.2, 0.25) is 0 Å². The molecule has 1 aromatic heterocycles. The first-order valence-electron chi connectivity index (χ1n) is 7.91. The number of amides is 1. The summed E-state index contributed by atoms with van der Waals surface area (Å²) in [6.45, 7) is 0. The van der Waals surface area contributed by atoms with Crippen molar-refractivity contribution in [3.63, 3.8) is 0 Å². The lowest BCUT2D eigenvalue weighted by Crippen LogP contribution is -2.12. The van der Waals surface area contributed by atoms with Crippen LogP contribution in [-0.2, 0) is 4.43 Å². The number of phenolic OH excluding ortho intramolecular Hbond substituents is 1. The Labute approximate surface area is 171 Å². The molecule has 0 fully saturated rings. The topological polar surface area (TPSA) is 116 Å². The molecule has 0 unspecified atom stereocenters. The van der Waals surface area contributed by atoms with E-state index in [9.17, 15) is 13.6 Å². The molecular formula is C18H14F2IN5O2. The van der Waals surface area contributed by atoms with Gasteiger partial charge >= 0.3 is 0 Å². The lowest BCUT2D eigenvalue weighted by molar-refractivity contribution is 0.100. The van der Waals surface area contributed by atoms with Crippen LogP contribution in [0.3, 0.4) is 0 Å². The number of carbonyl (C=O) groups is 1. The Morgan fingerprint density at radius 3 is 2.68 bits per heavy atom. The molecule has 1 heterocycles. The van der Waals surface area contributed by atoms with E-state index in [-0.39, 0.29) is 22.8 Å². The summed E-state index contributed by atoms with van der Waals surface area (Å²) in [5, 5.41) is 18.7. The normalized spacial score (nSPS) is 11.1. The second kappa shape index (κ2) is 8.33. The molecule has 0 aliphatic heterocycles. The number of anilines is 2. The van der Waals surface area contributed by atoms with Crippen molar-refractivity contribution in [2.24, 2.45) is 10.7 Å². The maximum Gasteiger partial charge on any atom is 0.256 e. The summed E-state index contributed by atoms with van der Waals surface area (Å²) in [7, 11) is 0. The fourth-order valence-corrected chi connectivity index (χ4v) is 2.90. The van der Waals surface area contributed by atoms with E-state index < -0.39 is 23.3 Å². The number of benzene rings is 2. The van der Waals surface area contributed by atoms with Crippen LogP contribution in [-0.4, -0.2) is 27.4 Å². The Hall–Kier alpha value is -3.02. The average molecular weight is 497 g/mol. The largest absolute Gasteiger partial charge is 0.503 e. The van der Waals surface area contributed by atoms with Crippen molar-refractivity contribution in [3.8, 4) is 5.75 Å². The van der Waals surface area contributed by atoms with Crippen molar-refractivity contribution in [1.82, 2.24) is 10.2 Å². The van der Waals surface area contributed by atoms with Gasteiger partial charge in [0.05, 0.1) is 0 Å². The van der Waals surface area contributed by atoms with Gasteiger partial charge in [-0.2, -0.15) is 5.10 Å². The Bertz CT molecular complexity index is 1040.